The highest BCUT2D eigenvalue weighted by Crippen LogP contribution is 2.45. The average Bonchev–Trinajstić information content (AvgIpc) is 2.71. The van der Waals surface area contributed by atoms with E-state index in [1.54, 1.807) is 4.90 Å². The third-order valence-electron chi connectivity index (χ3n) is 5.91. The summed E-state index contributed by atoms with van der Waals surface area (Å²) in [5.41, 5.74) is 2.95. The van der Waals surface area contributed by atoms with Crippen LogP contribution in [0.4, 0.5) is 5.69 Å². The van der Waals surface area contributed by atoms with E-state index < -0.39 is 0 Å². The van der Waals surface area contributed by atoms with Crippen LogP contribution in [0.25, 0.3) is 0 Å². The molecule has 1 aromatic rings. The van der Waals surface area contributed by atoms with Gasteiger partial charge in [0.25, 0.3) is 0 Å². The van der Waals surface area contributed by atoms with E-state index in [-0.39, 0.29) is 28.7 Å². The molecule has 0 saturated heterocycles. The Hall–Kier alpha value is -1.36. The lowest BCUT2D eigenvalue weighted by Gasteiger charge is -2.31. The lowest BCUT2D eigenvalue weighted by molar-refractivity contribution is -0.124. The van der Waals surface area contributed by atoms with E-state index in [2.05, 4.69) is 39.4 Å². The van der Waals surface area contributed by atoms with Gasteiger partial charge >= 0.3 is 0 Å². The van der Waals surface area contributed by atoms with Crippen molar-refractivity contribution in [3.8, 4) is 0 Å². The van der Waals surface area contributed by atoms with Crippen molar-refractivity contribution >= 4 is 33.4 Å². The van der Waals surface area contributed by atoms with Gasteiger partial charge in [0, 0.05) is 11.2 Å². The summed E-state index contributed by atoms with van der Waals surface area (Å²) in [5, 5.41) is 2.99. The van der Waals surface area contributed by atoms with Crippen molar-refractivity contribution in [2.24, 2.45) is 5.92 Å². The molecule has 0 radical (unpaired) electrons. The maximum absolute atomic E-state index is 13.2. The quantitative estimate of drug-likeness (QED) is 0.655. The summed E-state index contributed by atoms with van der Waals surface area (Å²) in [5.74, 6) is 0.852. The number of halogens is 1. The third kappa shape index (κ3) is 4.97. The molecule has 0 unspecified atom stereocenters. The summed E-state index contributed by atoms with van der Waals surface area (Å²) in [6.07, 6.45) is 7.14. The van der Waals surface area contributed by atoms with Crippen molar-refractivity contribution in [1.82, 2.24) is 5.32 Å². The van der Waals surface area contributed by atoms with Crippen molar-refractivity contribution in [2.45, 2.75) is 82.5 Å². The van der Waals surface area contributed by atoms with E-state index in [1.807, 2.05) is 27.7 Å². The van der Waals surface area contributed by atoms with E-state index in [0.29, 0.717) is 11.8 Å². The van der Waals surface area contributed by atoms with Crippen LogP contribution in [0.15, 0.2) is 18.2 Å². The van der Waals surface area contributed by atoms with E-state index in [9.17, 15) is 9.59 Å². The first-order chi connectivity index (χ1) is 13.2. The van der Waals surface area contributed by atoms with Crippen LogP contribution in [-0.4, -0.2) is 28.7 Å². The fourth-order valence-electron chi connectivity index (χ4n) is 4.69. The number of aryl methyl sites for hydroxylation is 1. The standard InChI is InChI=1S/C23H33BrN2O2/c1-15-10-11-17-18(16-8-6-5-7-9-16)13-19(24)22(28)26(20(17)12-15)14-21(27)25-23(2,3)4/h10-12,16,18-19H,5-9,13-14H2,1-4H3,(H,25,27)/t18-,19-/m1/s1. The van der Waals surface area contributed by atoms with Gasteiger partial charge < -0.3 is 10.2 Å². The summed E-state index contributed by atoms with van der Waals surface area (Å²) in [6, 6.07) is 6.41. The molecule has 1 saturated carbocycles. The number of nitrogens with one attached hydrogen (secondary N) is 1. The highest BCUT2D eigenvalue weighted by Gasteiger charge is 2.38. The number of alkyl halides is 1. The molecule has 0 bridgehead atoms. The normalized spacial score (nSPS) is 23.9. The molecule has 1 heterocycles. The van der Waals surface area contributed by atoms with Gasteiger partial charge in [-0.05, 0) is 76.0 Å². The third-order valence-corrected chi connectivity index (χ3v) is 6.67. The zero-order chi connectivity index (χ0) is 20.5. The largest absolute Gasteiger partial charge is 0.350 e. The molecule has 3 rings (SSSR count). The average molecular weight is 449 g/mol. The molecule has 0 aromatic heterocycles. The van der Waals surface area contributed by atoms with Gasteiger partial charge in [-0.1, -0.05) is 47.3 Å². The molecule has 154 valence electrons. The van der Waals surface area contributed by atoms with Crippen molar-refractivity contribution < 1.29 is 9.59 Å². The number of rotatable bonds is 3. The van der Waals surface area contributed by atoms with E-state index in [0.717, 1.165) is 17.7 Å². The number of carbonyl (C=O) groups is 2. The molecule has 1 fully saturated rings. The first-order valence-corrected chi connectivity index (χ1v) is 11.4. The van der Waals surface area contributed by atoms with Crippen LogP contribution in [-0.2, 0) is 9.59 Å². The van der Waals surface area contributed by atoms with Gasteiger partial charge in [-0.25, -0.2) is 0 Å². The van der Waals surface area contributed by atoms with Crippen molar-refractivity contribution in [3.63, 3.8) is 0 Å². The Balaban J connectivity index is 1.97. The molecule has 2 atom stereocenters. The molecular weight excluding hydrogens is 416 g/mol. The predicted molar refractivity (Wildman–Crippen MR) is 118 cm³/mol. The van der Waals surface area contributed by atoms with Crippen LogP contribution in [0.2, 0.25) is 0 Å². The van der Waals surface area contributed by atoms with Crippen LogP contribution in [0.1, 0.15) is 76.3 Å². The van der Waals surface area contributed by atoms with Gasteiger partial charge in [0.2, 0.25) is 11.8 Å². The minimum atomic E-state index is -0.320. The van der Waals surface area contributed by atoms with Crippen LogP contribution >= 0.6 is 15.9 Å². The lowest BCUT2D eigenvalue weighted by atomic mass is 9.74. The minimum Gasteiger partial charge on any atom is -0.350 e. The molecule has 28 heavy (non-hydrogen) atoms. The number of amides is 2. The van der Waals surface area contributed by atoms with Gasteiger partial charge in [-0.2, -0.15) is 0 Å². The molecule has 1 aliphatic carbocycles. The minimum absolute atomic E-state index is 0.00535. The smallest absolute Gasteiger partial charge is 0.241 e. The molecule has 1 aliphatic heterocycles. The van der Waals surface area contributed by atoms with Crippen molar-refractivity contribution in [2.75, 3.05) is 11.4 Å². The number of benzene rings is 1. The SMILES string of the molecule is Cc1ccc2c(c1)N(CC(=O)NC(C)(C)C)C(=O)[C@H](Br)C[C@@H]2C1CCCCC1. The van der Waals surface area contributed by atoms with Gasteiger partial charge in [0.05, 0.1) is 4.83 Å². The molecule has 1 aromatic carbocycles. The Kier molecular flexibility index (Phi) is 6.53. The fraction of sp³-hybridized carbons (Fsp3) is 0.652. The van der Waals surface area contributed by atoms with Crippen LogP contribution in [0, 0.1) is 12.8 Å². The summed E-state index contributed by atoms with van der Waals surface area (Å²) in [7, 11) is 0. The molecule has 0 spiro atoms. The van der Waals surface area contributed by atoms with Gasteiger partial charge in [0.1, 0.15) is 6.54 Å². The lowest BCUT2D eigenvalue weighted by Crippen LogP contribution is -2.48. The van der Waals surface area contributed by atoms with Crippen LogP contribution in [0.5, 0.6) is 0 Å². The van der Waals surface area contributed by atoms with Crippen molar-refractivity contribution in [3.05, 3.63) is 29.3 Å². The molecular formula is C23H33BrN2O2. The highest BCUT2D eigenvalue weighted by atomic mass is 79.9. The second-order valence-electron chi connectivity index (χ2n) is 9.49. The first-order valence-electron chi connectivity index (χ1n) is 10.5. The van der Waals surface area contributed by atoms with Crippen molar-refractivity contribution in [1.29, 1.82) is 0 Å². The Bertz CT molecular complexity index is 735. The molecule has 2 aliphatic rings. The number of hydrogen-bond acceptors (Lipinski definition) is 2. The van der Waals surface area contributed by atoms with Gasteiger partial charge in [0.15, 0.2) is 0 Å². The Morgan fingerprint density at radius 3 is 2.54 bits per heavy atom. The first kappa shape index (κ1) is 21.4. The Labute approximate surface area is 177 Å². The maximum atomic E-state index is 13.2. The Morgan fingerprint density at radius 1 is 1.21 bits per heavy atom. The second-order valence-corrected chi connectivity index (χ2v) is 10.6. The van der Waals surface area contributed by atoms with E-state index >= 15 is 0 Å². The number of carbonyl (C=O) groups excluding carboxylic acids is 2. The summed E-state index contributed by atoms with van der Waals surface area (Å²) >= 11 is 3.66. The van der Waals surface area contributed by atoms with Crippen LogP contribution in [0.3, 0.4) is 0 Å². The van der Waals surface area contributed by atoms with Gasteiger partial charge in [-0.15, -0.1) is 0 Å². The Morgan fingerprint density at radius 2 is 1.89 bits per heavy atom. The summed E-state index contributed by atoms with van der Waals surface area (Å²) < 4.78 is 0. The van der Waals surface area contributed by atoms with E-state index in [4.69, 9.17) is 0 Å². The summed E-state index contributed by atoms with van der Waals surface area (Å²) in [4.78, 5) is 27.3. The molecule has 1 N–H and O–H groups in total. The van der Waals surface area contributed by atoms with E-state index in [1.165, 1.54) is 37.7 Å². The maximum Gasteiger partial charge on any atom is 0.241 e. The highest BCUT2D eigenvalue weighted by molar-refractivity contribution is 9.10. The van der Waals surface area contributed by atoms with Crippen LogP contribution < -0.4 is 10.2 Å². The monoisotopic (exact) mass is 448 g/mol. The topological polar surface area (TPSA) is 49.4 Å². The zero-order valence-corrected chi connectivity index (χ0v) is 19.1. The number of nitrogens with zero attached hydrogens (tertiary/aromatic N) is 1. The molecule has 2 amide bonds. The second kappa shape index (κ2) is 8.56. The van der Waals surface area contributed by atoms with Gasteiger partial charge in [-0.3, -0.25) is 9.59 Å². The fourth-order valence-corrected chi connectivity index (χ4v) is 5.34. The number of anilines is 1. The molecule has 4 nitrogen and oxygen atoms in total. The predicted octanol–water partition coefficient (Wildman–Crippen LogP) is 5.07. The molecule has 5 heteroatoms. The summed E-state index contributed by atoms with van der Waals surface area (Å²) in [6.45, 7) is 7.98. The number of hydrogen-bond donors (Lipinski definition) is 1. The number of fused-ring (bicyclic) bond motifs is 1. The zero-order valence-electron chi connectivity index (χ0n) is 17.6.